The van der Waals surface area contributed by atoms with E-state index in [2.05, 4.69) is 31.2 Å². The molecular formula is C20H22O. The Labute approximate surface area is 127 Å². The summed E-state index contributed by atoms with van der Waals surface area (Å²) in [7, 11) is 0. The summed E-state index contributed by atoms with van der Waals surface area (Å²) >= 11 is 0. The Bertz CT molecular complexity index is 569. The fourth-order valence-electron chi connectivity index (χ4n) is 2.43. The van der Waals surface area contributed by atoms with Crippen LogP contribution in [0.4, 0.5) is 0 Å². The minimum Gasteiger partial charge on any atom is -0.294 e. The van der Waals surface area contributed by atoms with Crippen molar-refractivity contribution in [3.8, 4) is 0 Å². The van der Waals surface area contributed by atoms with Gasteiger partial charge in [-0.15, -0.1) is 0 Å². The maximum absolute atomic E-state index is 12.3. The van der Waals surface area contributed by atoms with Crippen LogP contribution in [0, 0.1) is 5.92 Å². The Morgan fingerprint density at radius 2 is 1.62 bits per heavy atom. The Balaban J connectivity index is 2.02. The lowest BCUT2D eigenvalue weighted by Crippen LogP contribution is -2.06. The van der Waals surface area contributed by atoms with Crippen LogP contribution in [-0.2, 0) is 0 Å². The highest BCUT2D eigenvalue weighted by Crippen LogP contribution is 2.18. The normalized spacial score (nSPS) is 12.4. The number of rotatable bonds is 7. The molecule has 0 aromatic heterocycles. The SMILES string of the molecule is CCCC(/C=C/c1ccccc1)CC(=O)c1ccccc1. The van der Waals surface area contributed by atoms with Gasteiger partial charge in [-0.05, 0) is 17.9 Å². The van der Waals surface area contributed by atoms with Gasteiger partial charge in [0.05, 0.1) is 0 Å². The number of Topliss-reactive ketones (excluding diaryl/α,β-unsaturated/α-hetero) is 1. The molecule has 2 aromatic carbocycles. The Morgan fingerprint density at radius 3 is 2.24 bits per heavy atom. The zero-order valence-corrected chi connectivity index (χ0v) is 12.5. The number of ketones is 1. The summed E-state index contributed by atoms with van der Waals surface area (Å²) in [6.45, 7) is 2.16. The number of carbonyl (C=O) groups is 1. The van der Waals surface area contributed by atoms with Gasteiger partial charge in [0.2, 0.25) is 0 Å². The summed E-state index contributed by atoms with van der Waals surface area (Å²) in [6.07, 6.45) is 7.02. The average molecular weight is 278 g/mol. The summed E-state index contributed by atoms with van der Waals surface area (Å²) < 4.78 is 0. The largest absolute Gasteiger partial charge is 0.294 e. The third-order valence-electron chi connectivity index (χ3n) is 3.56. The first-order chi connectivity index (χ1) is 10.3. The predicted molar refractivity (Wildman–Crippen MR) is 89.3 cm³/mol. The molecule has 0 saturated carbocycles. The van der Waals surface area contributed by atoms with E-state index in [9.17, 15) is 4.79 Å². The van der Waals surface area contributed by atoms with Crippen LogP contribution in [0.1, 0.15) is 42.1 Å². The van der Waals surface area contributed by atoms with Crippen LogP contribution in [0.25, 0.3) is 6.08 Å². The summed E-state index contributed by atoms with van der Waals surface area (Å²) in [5.41, 5.74) is 2.00. The van der Waals surface area contributed by atoms with Crippen molar-refractivity contribution < 1.29 is 4.79 Å². The molecule has 1 unspecified atom stereocenters. The van der Waals surface area contributed by atoms with E-state index in [-0.39, 0.29) is 5.78 Å². The fraction of sp³-hybridized carbons (Fsp3) is 0.250. The quantitative estimate of drug-likeness (QED) is 0.621. The lowest BCUT2D eigenvalue weighted by atomic mass is 9.93. The summed E-state index contributed by atoms with van der Waals surface area (Å²) in [5, 5.41) is 0. The smallest absolute Gasteiger partial charge is 0.163 e. The number of allylic oxidation sites excluding steroid dienone is 1. The predicted octanol–water partition coefficient (Wildman–Crippen LogP) is 5.39. The highest BCUT2D eigenvalue weighted by molar-refractivity contribution is 5.96. The maximum Gasteiger partial charge on any atom is 0.163 e. The molecule has 0 fully saturated rings. The van der Waals surface area contributed by atoms with E-state index in [4.69, 9.17) is 0 Å². The molecule has 1 atom stereocenters. The molecule has 0 spiro atoms. The van der Waals surface area contributed by atoms with Gasteiger partial charge in [0.1, 0.15) is 0 Å². The van der Waals surface area contributed by atoms with E-state index in [0.717, 1.165) is 18.4 Å². The molecular weight excluding hydrogens is 256 g/mol. The van der Waals surface area contributed by atoms with Crippen molar-refractivity contribution >= 4 is 11.9 Å². The fourth-order valence-corrected chi connectivity index (χ4v) is 2.43. The third-order valence-corrected chi connectivity index (χ3v) is 3.56. The first kappa shape index (κ1) is 15.2. The molecule has 0 amide bonds. The molecule has 108 valence electrons. The van der Waals surface area contributed by atoms with Gasteiger partial charge >= 0.3 is 0 Å². The molecule has 0 N–H and O–H groups in total. The van der Waals surface area contributed by atoms with Crippen LogP contribution in [0.15, 0.2) is 66.7 Å². The second-order valence-corrected chi connectivity index (χ2v) is 5.31. The number of carbonyl (C=O) groups excluding carboxylic acids is 1. The van der Waals surface area contributed by atoms with E-state index in [1.807, 2.05) is 48.5 Å². The minimum absolute atomic E-state index is 0.228. The summed E-state index contributed by atoms with van der Waals surface area (Å²) in [5.74, 6) is 0.537. The van der Waals surface area contributed by atoms with Crippen molar-refractivity contribution in [2.45, 2.75) is 26.2 Å². The lowest BCUT2D eigenvalue weighted by Gasteiger charge is -2.11. The zero-order valence-electron chi connectivity index (χ0n) is 12.5. The van der Waals surface area contributed by atoms with Crippen molar-refractivity contribution in [1.82, 2.24) is 0 Å². The van der Waals surface area contributed by atoms with E-state index in [1.54, 1.807) is 0 Å². The monoisotopic (exact) mass is 278 g/mol. The molecule has 2 aromatic rings. The van der Waals surface area contributed by atoms with Crippen LogP contribution in [0.5, 0.6) is 0 Å². The topological polar surface area (TPSA) is 17.1 Å². The van der Waals surface area contributed by atoms with E-state index in [0.29, 0.717) is 12.3 Å². The number of benzene rings is 2. The number of hydrogen-bond acceptors (Lipinski definition) is 1. The van der Waals surface area contributed by atoms with Crippen LogP contribution >= 0.6 is 0 Å². The van der Waals surface area contributed by atoms with E-state index in [1.165, 1.54) is 5.56 Å². The van der Waals surface area contributed by atoms with Gasteiger partial charge in [-0.2, -0.15) is 0 Å². The van der Waals surface area contributed by atoms with E-state index >= 15 is 0 Å². The van der Waals surface area contributed by atoms with Crippen LogP contribution in [-0.4, -0.2) is 5.78 Å². The second-order valence-electron chi connectivity index (χ2n) is 5.31. The Hall–Kier alpha value is -2.15. The molecule has 0 bridgehead atoms. The van der Waals surface area contributed by atoms with Crippen molar-refractivity contribution in [2.24, 2.45) is 5.92 Å². The van der Waals surface area contributed by atoms with Gasteiger partial charge in [0, 0.05) is 12.0 Å². The molecule has 0 radical (unpaired) electrons. The van der Waals surface area contributed by atoms with Gasteiger partial charge in [-0.25, -0.2) is 0 Å². The van der Waals surface area contributed by atoms with Gasteiger partial charge in [0.25, 0.3) is 0 Å². The summed E-state index contributed by atoms with van der Waals surface area (Å²) in [6, 6.07) is 19.8. The van der Waals surface area contributed by atoms with Gasteiger partial charge in [0.15, 0.2) is 5.78 Å². The third kappa shape index (κ3) is 5.03. The Morgan fingerprint density at radius 1 is 1.00 bits per heavy atom. The standard InChI is InChI=1S/C20H22O/c1-2-9-18(15-14-17-10-5-3-6-11-17)16-20(21)19-12-7-4-8-13-19/h3-8,10-15,18H,2,9,16H2,1H3/b15-14+. The van der Waals surface area contributed by atoms with Crippen molar-refractivity contribution in [2.75, 3.05) is 0 Å². The minimum atomic E-state index is 0.228. The molecule has 0 aliphatic carbocycles. The highest BCUT2D eigenvalue weighted by atomic mass is 16.1. The van der Waals surface area contributed by atoms with Crippen molar-refractivity contribution in [3.63, 3.8) is 0 Å². The van der Waals surface area contributed by atoms with Crippen LogP contribution in [0.3, 0.4) is 0 Å². The second kappa shape index (κ2) is 8.21. The molecule has 2 rings (SSSR count). The highest BCUT2D eigenvalue weighted by Gasteiger charge is 2.12. The summed E-state index contributed by atoms with van der Waals surface area (Å²) in [4.78, 5) is 12.3. The molecule has 0 saturated heterocycles. The van der Waals surface area contributed by atoms with Crippen LogP contribution < -0.4 is 0 Å². The number of hydrogen-bond donors (Lipinski definition) is 0. The Kier molecular flexibility index (Phi) is 5.96. The van der Waals surface area contributed by atoms with Crippen molar-refractivity contribution in [1.29, 1.82) is 0 Å². The van der Waals surface area contributed by atoms with E-state index < -0.39 is 0 Å². The average Bonchev–Trinajstić information content (AvgIpc) is 2.54. The molecule has 0 aliphatic rings. The first-order valence-corrected chi connectivity index (χ1v) is 7.61. The van der Waals surface area contributed by atoms with Gasteiger partial charge in [-0.3, -0.25) is 4.79 Å². The molecule has 1 nitrogen and oxygen atoms in total. The van der Waals surface area contributed by atoms with Gasteiger partial charge < -0.3 is 0 Å². The van der Waals surface area contributed by atoms with Gasteiger partial charge in [-0.1, -0.05) is 86.2 Å². The molecule has 0 aliphatic heterocycles. The molecule has 1 heteroatoms. The first-order valence-electron chi connectivity index (χ1n) is 7.61. The molecule has 21 heavy (non-hydrogen) atoms. The lowest BCUT2D eigenvalue weighted by molar-refractivity contribution is 0.0967. The molecule has 0 heterocycles. The zero-order chi connectivity index (χ0) is 14.9. The maximum atomic E-state index is 12.3. The van der Waals surface area contributed by atoms with Crippen molar-refractivity contribution in [3.05, 3.63) is 77.9 Å². The van der Waals surface area contributed by atoms with Crippen LogP contribution in [0.2, 0.25) is 0 Å².